The van der Waals surface area contributed by atoms with Crippen LogP contribution in [0, 0.1) is 0 Å². The fourth-order valence-corrected chi connectivity index (χ4v) is 3.44. The van der Waals surface area contributed by atoms with Gasteiger partial charge in [-0.05, 0) is 38.5 Å². The summed E-state index contributed by atoms with van der Waals surface area (Å²) < 4.78 is 7.07. The number of ether oxygens (including phenoxy) is 1. The number of hydrogen-bond donors (Lipinski definition) is 0. The molecule has 1 saturated heterocycles. The summed E-state index contributed by atoms with van der Waals surface area (Å²) in [5, 5.41) is 4.38. The van der Waals surface area contributed by atoms with Crippen LogP contribution in [0.3, 0.4) is 0 Å². The Kier molecular flexibility index (Phi) is 4.85. The third-order valence-electron chi connectivity index (χ3n) is 4.95. The Morgan fingerprint density at radius 1 is 1.32 bits per heavy atom. The molecule has 0 aliphatic carbocycles. The molecule has 0 saturated carbocycles. The van der Waals surface area contributed by atoms with Crippen LogP contribution in [0.1, 0.15) is 20.3 Å². The van der Waals surface area contributed by atoms with E-state index in [0.717, 1.165) is 42.2 Å². The Morgan fingerprint density at radius 2 is 2.18 bits per heavy atom. The molecule has 1 fully saturated rings. The lowest BCUT2D eigenvalue weighted by Crippen LogP contribution is -2.40. The highest BCUT2D eigenvalue weighted by Gasteiger charge is 2.30. The fraction of sp³-hybridized carbons (Fsp3) is 0.400. The number of carbonyl (C=O) groups is 1. The van der Waals surface area contributed by atoms with Gasteiger partial charge in [0.05, 0.1) is 29.6 Å². The van der Waals surface area contributed by atoms with Crippen molar-refractivity contribution in [2.75, 3.05) is 25.0 Å². The van der Waals surface area contributed by atoms with Crippen LogP contribution in [0.25, 0.3) is 16.9 Å². The van der Waals surface area contributed by atoms with Gasteiger partial charge in [0.1, 0.15) is 5.82 Å². The van der Waals surface area contributed by atoms with Crippen LogP contribution < -0.4 is 4.90 Å². The first-order valence-electron chi connectivity index (χ1n) is 9.47. The average Bonchev–Trinajstić information content (AvgIpc) is 3.34. The van der Waals surface area contributed by atoms with Gasteiger partial charge < -0.3 is 14.5 Å². The van der Waals surface area contributed by atoms with Crippen LogP contribution >= 0.6 is 0 Å². The van der Waals surface area contributed by atoms with Gasteiger partial charge in [-0.1, -0.05) is 6.07 Å². The van der Waals surface area contributed by atoms with Gasteiger partial charge in [0.25, 0.3) is 0 Å². The van der Waals surface area contributed by atoms with Crippen molar-refractivity contribution < 1.29 is 9.53 Å². The molecular weight excluding hydrogens is 356 g/mol. The molecule has 8 heteroatoms. The maximum atomic E-state index is 12.2. The van der Waals surface area contributed by atoms with Gasteiger partial charge in [-0.2, -0.15) is 5.10 Å². The summed E-state index contributed by atoms with van der Waals surface area (Å²) in [5.41, 5.74) is 2.51. The van der Waals surface area contributed by atoms with Crippen molar-refractivity contribution in [1.29, 1.82) is 0 Å². The molecule has 1 aliphatic rings. The molecule has 0 radical (unpaired) electrons. The fourth-order valence-electron chi connectivity index (χ4n) is 3.44. The largest absolute Gasteiger partial charge is 0.447 e. The molecule has 1 unspecified atom stereocenters. The van der Waals surface area contributed by atoms with Crippen molar-refractivity contribution in [3.05, 3.63) is 42.9 Å². The summed E-state index contributed by atoms with van der Waals surface area (Å²) in [5.74, 6) is 0.873. The first-order chi connectivity index (χ1) is 13.5. The number of pyridine rings is 1. The van der Waals surface area contributed by atoms with E-state index in [1.165, 1.54) is 0 Å². The summed E-state index contributed by atoms with van der Waals surface area (Å²) >= 11 is 0. The minimum atomic E-state index is -0.279. The molecule has 4 heterocycles. The van der Waals surface area contributed by atoms with Crippen molar-refractivity contribution in [3.63, 3.8) is 0 Å². The molecule has 1 atom stereocenters. The quantitative estimate of drug-likeness (QED) is 0.693. The number of aromatic nitrogens is 4. The number of anilines is 1. The van der Waals surface area contributed by atoms with Crippen LogP contribution in [-0.4, -0.2) is 62.9 Å². The van der Waals surface area contributed by atoms with E-state index in [-0.39, 0.29) is 18.2 Å². The lowest BCUT2D eigenvalue weighted by Gasteiger charge is -2.25. The zero-order valence-electron chi connectivity index (χ0n) is 16.3. The lowest BCUT2D eigenvalue weighted by molar-refractivity contribution is 0.0748. The first kappa shape index (κ1) is 18.2. The zero-order valence-corrected chi connectivity index (χ0v) is 16.3. The van der Waals surface area contributed by atoms with Gasteiger partial charge >= 0.3 is 6.09 Å². The summed E-state index contributed by atoms with van der Waals surface area (Å²) in [6.45, 7) is 5.27. The molecule has 0 bridgehead atoms. The molecule has 4 rings (SSSR count). The molecule has 0 spiro atoms. The van der Waals surface area contributed by atoms with Crippen LogP contribution in [-0.2, 0) is 4.74 Å². The highest BCUT2D eigenvalue weighted by Crippen LogP contribution is 2.25. The van der Waals surface area contributed by atoms with Gasteiger partial charge in [0.2, 0.25) is 0 Å². The number of carbonyl (C=O) groups excluding carboxylic acids is 1. The first-order valence-corrected chi connectivity index (χ1v) is 9.47. The smallest absolute Gasteiger partial charge is 0.410 e. The molecule has 0 N–H and O–H groups in total. The molecule has 1 aliphatic heterocycles. The molecule has 146 valence electrons. The van der Waals surface area contributed by atoms with Crippen molar-refractivity contribution in [2.24, 2.45) is 0 Å². The van der Waals surface area contributed by atoms with Crippen molar-refractivity contribution in [3.8, 4) is 11.3 Å². The van der Waals surface area contributed by atoms with Crippen LogP contribution in [0.2, 0.25) is 0 Å². The number of hydrogen-bond acceptors (Lipinski definition) is 6. The monoisotopic (exact) mass is 380 g/mol. The Bertz CT molecular complexity index is 971. The normalized spacial score (nSPS) is 16.7. The minimum Gasteiger partial charge on any atom is -0.447 e. The third-order valence-corrected chi connectivity index (χ3v) is 4.95. The SMILES string of the molecule is CC(C)OC(=O)N(C)C1CCN(c2ccn3ncc(-c4ccccn4)c3n2)C1. The second kappa shape index (κ2) is 7.46. The molecule has 0 aromatic carbocycles. The van der Waals surface area contributed by atoms with Gasteiger partial charge in [-0.25, -0.2) is 14.3 Å². The van der Waals surface area contributed by atoms with Gasteiger partial charge in [0, 0.05) is 32.5 Å². The summed E-state index contributed by atoms with van der Waals surface area (Å²) in [7, 11) is 1.80. The average molecular weight is 380 g/mol. The number of likely N-dealkylation sites (N-methyl/N-ethyl adjacent to an activating group) is 1. The van der Waals surface area contributed by atoms with Gasteiger partial charge in [0.15, 0.2) is 5.65 Å². The number of nitrogens with zero attached hydrogens (tertiary/aromatic N) is 6. The van der Waals surface area contributed by atoms with Crippen molar-refractivity contribution >= 4 is 17.6 Å². The van der Waals surface area contributed by atoms with E-state index >= 15 is 0 Å². The molecule has 28 heavy (non-hydrogen) atoms. The van der Waals surface area contributed by atoms with E-state index in [4.69, 9.17) is 9.72 Å². The second-order valence-corrected chi connectivity index (χ2v) is 7.26. The molecule has 3 aromatic rings. The van der Waals surface area contributed by atoms with Crippen LogP contribution in [0.5, 0.6) is 0 Å². The Labute approximate surface area is 163 Å². The van der Waals surface area contributed by atoms with E-state index in [1.54, 1.807) is 28.9 Å². The maximum absolute atomic E-state index is 12.2. The number of amides is 1. The summed E-state index contributed by atoms with van der Waals surface area (Å²) in [6.07, 6.45) is 5.94. The van der Waals surface area contributed by atoms with E-state index in [0.29, 0.717) is 0 Å². The molecule has 3 aromatic heterocycles. The Morgan fingerprint density at radius 3 is 2.93 bits per heavy atom. The lowest BCUT2D eigenvalue weighted by atomic mass is 10.2. The van der Waals surface area contributed by atoms with E-state index in [1.807, 2.05) is 44.3 Å². The number of fused-ring (bicyclic) bond motifs is 1. The summed E-state index contributed by atoms with van der Waals surface area (Å²) in [6, 6.07) is 7.85. The van der Waals surface area contributed by atoms with Crippen molar-refractivity contribution in [2.45, 2.75) is 32.4 Å². The maximum Gasteiger partial charge on any atom is 0.410 e. The predicted molar refractivity (Wildman–Crippen MR) is 106 cm³/mol. The van der Waals surface area contributed by atoms with Gasteiger partial charge in [-0.15, -0.1) is 0 Å². The highest BCUT2D eigenvalue weighted by atomic mass is 16.6. The Balaban J connectivity index is 1.55. The van der Waals surface area contributed by atoms with E-state index in [2.05, 4.69) is 15.0 Å². The van der Waals surface area contributed by atoms with E-state index < -0.39 is 0 Å². The second-order valence-electron chi connectivity index (χ2n) is 7.26. The van der Waals surface area contributed by atoms with Crippen LogP contribution in [0.4, 0.5) is 10.6 Å². The zero-order chi connectivity index (χ0) is 19.7. The van der Waals surface area contributed by atoms with Crippen LogP contribution in [0.15, 0.2) is 42.9 Å². The van der Waals surface area contributed by atoms with E-state index in [9.17, 15) is 4.79 Å². The van der Waals surface area contributed by atoms with Crippen molar-refractivity contribution in [1.82, 2.24) is 24.5 Å². The highest BCUT2D eigenvalue weighted by molar-refractivity contribution is 5.75. The molecule has 8 nitrogen and oxygen atoms in total. The Hall–Kier alpha value is -3.16. The van der Waals surface area contributed by atoms with Gasteiger partial charge in [-0.3, -0.25) is 4.98 Å². The number of rotatable bonds is 4. The predicted octanol–water partition coefficient (Wildman–Crippen LogP) is 2.85. The summed E-state index contributed by atoms with van der Waals surface area (Å²) in [4.78, 5) is 25.3. The minimum absolute atomic E-state index is 0.101. The standard InChI is InChI=1S/C20H24N6O2/c1-14(2)28-20(27)24(3)15-7-10-25(13-15)18-8-11-26-19(23-18)16(12-22-26)17-6-4-5-9-21-17/h4-6,8-9,11-12,14-15H,7,10,13H2,1-3H3. The topological polar surface area (TPSA) is 75.9 Å². The molecular formula is C20H24N6O2. The third kappa shape index (κ3) is 3.49. The molecule has 1 amide bonds.